The number of fused-ring (bicyclic) bond motifs is 1. The van der Waals surface area contributed by atoms with Gasteiger partial charge in [-0.1, -0.05) is 48.5 Å². The lowest BCUT2D eigenvalue weighted by Crippen LogP contribution is -2.31. The fourth-order valence-electron chi connectivity index (χ4n) is 3.42. The summed E-state index contributed by atoms with van der Waals surface area (Å²) in [5.41, 5.74) is 3.37. The maximum absolute atomic E-state index is 13.4. The molecule has 6 heteroatoms. The first-order valence-corrected chi connectivity index (χ1v) is 10.2. The number of anilines is 1. The first kappa shape index (κ1) is 19.1. The first-order chi connectivity index (χ1) is 14.0. The van der Waals surface area contributed by atoms with E-state index in [-0.39, 0.29) is 11.5 Å². The smallest absolute Gasteiger partial charge is 0.263 e. The van der Waals surface area contributed by atoms with Gasteiger partial charge in [0, 0.05) is 16.1 Å². The number of benzene rings is 2. The van der Waals surface area contributed by atoms with Crippen LogP contribution < -0.4 is 10.9 Å². The molecule has 1 unspecified atom stereocenters. The maximum atomic E-state index is 13.4. The van der Waals surface area contributed by atoms with Crippen molar-refractivity contribution < 1.29 is 4.79 Å². The summed E-state index contributed by atoms with van der Waals surface area (Å²) in [6.07, 6.45) is 1.47. The number of thiophene rings is 1. The molecular formula is C23H21N3O2S. The van der Waals surface area contributed by atoms with Gasteiger partial charge in [-0.15, -0.1) is 11.3 Å². The molecule has 0 radical (unpaired) electrons. The minimum absolute atomic E-state index is 0.203. The summed E-state index contributed by atoms with van der Waals surface area (Å²) in [6.45, 7) is 5.64. The van der Waals surface area contributed by atoms with Crippen molar-refractivity contribution in [3.05, 3.63) is 81.7 Å². The Morgan fingerprint density at radius 3 is 2.48 bits per heavy atom. The first-order valence-electron chi connectivity index (χ1n) is 9.39. The van der Waals surface area contributed by atoms with Gasteiger partial charge < -0.3 is 5.32 Å². The van der Waals surface area contributed by atoms with Crippen LogP contribution in [0.4, 0.5) is 5.69 Å². The zero-order chi connectivity index (χ0) is 20.5. The molecule has 2 aromatic heterocycles. The molecular weight excluding hydrogens is 382 g/mol. The Labute approximate surface area is 172 Å². The van der Waals surface area contributed by atoms with E-state index in [0.29, 0.717) is 10.2 Å². The van der Waals surface area contributed by atoms with E-state index in [1.807, 2.05) is 68.4 Å². The van der Waals surface area contributed by atoms with E-state index >= 15 is 0 Å². The Morgan fingerprint density at radius 2 is 1.76 bits per heavy atom. The third kappa shape index (κ3) is 3.47. The molecule has 1 atom stereocenters. The Kier molecular flexibility index (Phi) is 5.03. The number of aromatic nitrogens is 2. The molecule has 0 aliphatic carbocycles. The lowest BCUT2D eigenvalue weighted by molar-refractivity contribution is -0.118. The Bertz CT molecular complexity index is 1260. The molecule has 0 saturated heterocycles. The van der Waals surface area contributed by atoms with Gasteiger partial charge in [0.15, 0.2) is 0 Å². The normalized spacial score (nSPS) is 12.1. The highest BCUT2D eigenvalue weighted by molar-refractivity contribution is 7.19. The average molecular weight is 404 g/mol. The van der Waals surface area contributed by atoms with Crippen molar-refractivity contribution in [2.45, 2.75) is 26.8 Å². The number of hydrogen-bond donors (Lipinski definition) is 1. The molecule has 1 N–H and O–H groups in total. The molecule has 29 heavy (non-hydrogen) atoms. The van der Waals surface area contributed by atoms with Crippen molar-refractivity contribution in [2.24, 2.45) is 0 Å². The summed E-state index contributed by atoms with van der Waals surface area (Å²) in [6, 6.07) is 16.7. The number of nitrogens with zero attached hydrogens (tertiary/aromatic N) is 2. The van der Waals surface area contributed by atoms with Gasteiger partial charge in [0.2, 0.25) is 5.91 Å². The summed E-state index contributed by atoms with van der Waals surface area (Å²) in [7, 11) is 0. The van der Waals surface area contributed by atoms with Crippen LogP contribution in [0.5, 0.6) is 0 Å². The van der Waals surface area contributed by atoms with E-state index in [0.717, 1.165) is 27.3 Å². The van der Waals surface area contributed by atoms with Crippen LogP contribution in [0.3, 0.4) is 0 Å². The number of para-hydroxylation sites is 1. The molecule has 0 aliphatic rings. The van der Waals surface area contributed by atoms with Crippen molar-refractivity contribution >= 4 is 33.1 Å². The average Bonchev–Trinajstić information content (AvgIpc) is 3.07. The zero-order valence-corrected chi connectivity index (χ0v) is 17.3. The fourth-order valence-corrected chi connectivity index (χ4v) is 4.42. The Balaban J connectivity index is 1.77. The number of nitrogens with one attached hydrogen (secondary N) is 1. The van der Waals surface area contributed by atoms with Gasteiger partial charge in [0.05, 0.1) is 11.7 Å². The number of rotatable bonds is 4. The van der Waals surface area contributed by atoms with Crippen molar-refractivity contribution in [2.75, 3.05) is 5.32 Å². The van der Waals surface area contributed by atoms with E-state index in [4.69, 9.17) is 0 Å². The second-order valence-corrected chi connectivity index (χ2v) is 8.22. The van der Waals surface area contributed by atoms with Crippen LogP contribution in [0.25, 0.3) is 21.3 Å². The van der Waals surface area contributed by atoms with E-state index in [2.05, 4.69) is 10.3 Å². The van der Waals surface area contributed by atoms with Crippen molar-refractivity contribution in [3.8, 4) is 11.1 Å². The summed E-state index contributed by atoms with van der Waals surface area (Å²) in [4.78, 5) is 32.4. The summed E-state index contributed by atoms with van der Waals surface area (Å²) in [5, 5.41) is 3.48. The van der Waals surface area contributed by atoms with Crippen LogP contribution in [0.2, 0.25) is 0 Å². The van der Waals surface area contributed by atoms with E-state index in [1.54, 1.807) is 6.92 Å². The van der Waals surface area contributed by atoms with E-state index < -0.39 is 6.04 Å². The predicted molar refractivity (Wildman–Crippen MR) is 119 cm³/mol. The van der Waals surface area contributed by atoms with Crippen LogP contribution >= 0.6 is 11.3 Å². The minimum atomic E-state index is -0.692. The highest BCUT2D eigenvalue weighted by Gasteiger charge is 2.22. The van der Waals surface area contributed by atoms with Crippen molar-refractivity contribution in [1.82, 2.24) is 9.55 Å². The summed E-state index contributed by atoms with van der Waals surface area (Å²) >= 11 is 1.50. The quantitative estimate of drug-likeness (QED) is 0.525. The molecule has 146 valence electrons. The van der Waals surface area contributed by atoms with Gasteiger partial charge in [-0.2, -0.15) is 0 Å². The van der Waals surface area contributed by atoms with Gasteiger partial charge in [-0.25, -0.2) is 4.98 Å². The maximum Gasteiger partial charge on any atom is 0.263 e. The molecule has 0 saturated carbocycles. The zero-order valence-electron chi connectivity index (χ0n) is 16.5. The van der Waals surface area contributed by atoms with Gasteiger partial charge in [-0.05, 0) is 38.0 Å². The number of aryl methyl sites for hydroxylation is 2. The molecule has 0 spiro atoms. The fraction of sp³-hybridized carbons (Fsp3) is 0.174. The van der Waals surface area contributed by atoms with Crippen LogP contribution in [0.1, 0.15) is 23.4 Å². The Morgan fingerprint density at radius 1 is 1.07 bits per heavy atom. The number of amides is 1. The monoisotopic (exact) mass is 403 g/mol. The van der Waals surface area contributed by atoms with Gasteiger partial charge in [-0.3, -0.25) is 14.2 Å². The van der Waals surface area contributed by atoms with Crippen LogP contribution in [-0.2, 0) is 4.79 Å². The molecule has 5 nitrogen and oxygen atoms in total. The van der Waals surface area contributed by atoms with Gasteiger partial charge in [0.1, 0.15) is 10.9 Å². The van der Waals surface area contributed by atoms with E-state index in [1.165, 1.54) is 22.2 Å². The highest BCUT2D eigenvalue weighted by atomic mass is 32.1. The molecule has 0 fully saturated rings. The summed E-state index contributed by atoms with van der Waals surface area (Å²) in [5.74, 6) is -0.254. The number of carbonyl (C=O) groups excluding carboxylic acids is 1. The SMILES string of the molecule is Cc1ccccc1NC(=O)C(C)n1cnc2sc(C)c(-c3ccccc3)c2c1=O. The van der Waals surface area contributed by atoms with Crippen LogP contribution in [0, 0.1) is 13.8 Å². The topological polar surface area (TPSA) is 64.0 Å². The predicted octanol–water partition coefficient (Wildman–Crippen LogP) is 4.94. The molecule has 1 amide bonds. The lowest BCUT2D eigenvalue weighted by Gasteiger charge is -2.16. The number of carbonyl (C=O) groups is 1. The largest absolute Gasteiger partial charge is 0.324 e. The third-order valence-electron chi connectivity index (χ3n) is 5.08. The minimum Gasteiger partial charge on any atom is -0.324 e. The van der Waals surface area contributed by atoms with Crippen LogP contribution in [0.15, 0.2) is 65.7 Å². The van der Waals surface area contributed by atoms with Crippen molar-refractivity contribution in [3.63, 3.8) is 0 Å². The van der Waals surface area contributed by atoms with E-state index in [9.17, 15) is 9.59 Å². The highest BCUT2D eigenvalue weighted by Crippen LogP contribution is 2.35. The third-order valence-corrected chi connectivity index (χ3v) is 6.09. The van der Waals surface area contributed by atoms with Gasteiger partial charge >= 0.3 is 0 Å². The standard InChI is InChI=1S/C23H21N3O2S/c1-14-9-7-8-12-18(14)25-21(27)15(2)26-13-24-22-20(23(26)28)19(16(3)29-22)17-10-5-4-6-11-17/h4-13,15H,1-3H3,(H,25,27). The molecule has 4 rings (SSSR count). The molecule has 2 aromatic carbocycles. The molecule has 4 aromatic rings. The molecule has 0 aliphatic heterocycles. The lowest BCUT2D eigenvalue weighted by atomic mass is 10.0. The van der Waals surface area contributed by atoms with Crippen molar-refractivity contribution in [1.29, 1.82) is 0 Å². The second-order valence-electron chi connectivity index (χ2n) is 7.02. The second kappa shape index (κ2) is 7.64. The molecule has 2 heterocycles. The summed E-state index contributed by atoms with van der Waals surface area (Å²) < 4.78 is 1.41. The Hall–Kier alpha value is -3.25. The molecule has 0 bridgehead atoms. The van der Waals surface area contributed by atoms with Gasteiger partial charge in [0.25, 0.3) is 5.56 Å². The number of hydrogen-bond acceptors (Lipinski definition) is 4. The van der Waals surface area contributed by atoms with Crippen LogP contribution in [-0.4, -0.2) is 15.5 Å².